The second-order valence-electron chi connectivity index (χ2n) is 6.77. The summed E-state index contributed by atoms with van der Waals surface area (Å²) in [4.78, 5) is 12.9. The first-order valence-electron chi connectivity index (χ1n) is 8.85. The second-order valence-corrected chi connectivity index (χ2v) is 6.77. The van der Waals surface area contributed by atoms with E-state index in [2.05, 4.69) is 25.4 Å². The molecule has 4 rings (SSSR count). The molecule has 0 unspecified atom stereocenters. The Hall–Kier alpha value is -3.42. The van der Waals surface area contributed by atoms with Gasteiger partial charge < -0.3 is 5.32 Å². The zero-order valence-corrected chi connectivity index (χ0v) is 15.3. The average molecular weight is 382 g/mol. The van der Waals surface area contributed by atoms with E-state index in [1.54, 1.807) is 35.2 Å². The lowest BCUT2D eigenvalue weighted by Gasteiger charge is -2.24. The van der Waals surface area contributed by atoms with Crippen molar-refractivity contribution in [3.05, 3.63) is 72.4 Å². The maximum absolute atomic E-state index is 14.3. The maximum atomic E-state index is 14.3. The van der Waals surface area contributed by atoms with Crippen molar-refractivity contribution in [1.29, 1.82) is 0 Å². The number of anilines is 1. The third-order valence-corrected chi connectivity index (χ3v) is 4.49. The summed E-state index contributed by atoms with van der Waals surface area (Å²) in [6.45, 7) is 3.91. The van der Waals surface area contributed by atoms with Gasteiger partial charge in [0.25, 0.3) is 0 Å². The summed E-state index contributed by atoms with van der Waals surface area (Å²) in [7, 11) is 0. The molecule has 0 bridgehead atoms. The molecular formula is C20H20F2N6. The van der Waals surface area contributed by atoms with Gasteiger partial charge in [0.2, 0.25) is 0 Å². The summed E-state index contributed by atoms with van der Waals surface area (Å²) in [6.07, 6.45) is 6.61. The topological polar surface area (TPSA) is 68.0 Å². The van der Waals surface area contributed by atoms with Gasteiger partial charge in [-0.25, -0.2) is 28.2 Å². The van der Waals surface area contributed by atoms with Gasteiger partial charge in [0.05, 0.1) is 23.5 Å². The summed E-state index contributed by atoms with van der Waals surface area (Å²) in [5, 5.41) is 7.51. The van der Waals surface area contributed by atoms with Crippen LogP contribution in [0.15, 0.2) is 55.2 Å². The molecule has 3 heterocycles. The van der Waals surface area contributed by atoms with Crippen LogP contribution in [-0.2, 0) is 0 Å². The second kappa shape index (κ2) is 7.30. The SMILES string of the molecule is CC(C)[C@@H](Nc1cc(-c2cnn3cccnc23)ncn1)c1ccc(F)cc1F.[HH]. The van der Waals surface area contributed by atoms with E-state index < -0.39 is 11.6 Å². The van der Waals surface area contributed by atoms with Gasteiger partial charge in [-0.2, -0.15) is 5.10 Å². The van der Waals surface area contributed by atoms with E-state index >= 15 is 0 Å². The number of nitrogens with one attached hydrogen (secondary N) is 1. The molecule has 8 heteroatoms. The van der Waals surface area contributed by atoms with Crippen LogP contribution in [0.1, 0.15) is 26.9 Å². The fourth-order valence-corrected chi connectivity index (χ4v) is 3.11. The van der Waals surface area contributed by atoms with Gasteiger partial charge in [0, 0.05) is 31.5 Å². The summed E-state index contributed by atoms with van der Waals surface area (Å²) in [6, 6.07) is 6.78. The van der Waals surface area contributed by atoms with Gasteiger partial charge in [-0.1, -0.05) is 19.9 Å². The van der Waals surface area contributed by atoms with Gasteiger partial charge in [-0.05, 0) is 18.1 Å². The smallest absolute Gasteiger partial charge is 0.164 e. The minimum absolute atomic E-state index is 0. The Morgan fingerprint density at radius 2 is 1.96 bits per heavy atom. The molecule has 0 fully saturated rings. The Bertz CT molecular complexity index is 1130. The highest BCUT2D eigenvalue weighted by Crippen LogP contribution is 2.29. The molecule has 144 valence electrons. The third kappa shape index (κ3) is 3.40. The van der Waals surface area contributed by atoms with Crippen molar-refractivity contribution < 1.29 is 10.2 Å². The van der Waals surface area contributed by atoms with Crippen molar-refractivity contribution >= 4 is 11.5 Å². The lowest BCUT2D eigenvalue weighted by Crippen LogP contribution is -2.19. The fraction of sp³-hybridized carbons (Fsp3) is 0.200. The molecule has 6 nitrogen and oxygen atoms in total. The summed E-state index contributed by atoms with van der Waals surface area (Å²) in [5.41, 5.74) is 2.47. The van der Waals surface area contributed by atoms with Crippen molar-refractivity contribution in [2.45, 2.75) is 19.9 Å². The monoisotopic (exact) mass is 382 g/mol. The minimum atomic E-state index is -0.603. The molecule has 1 atom stereocenters. The number of nitrogens with zero attached hydrogens (tertiary/aromatic N) is 5. The molecule has 0 amide bonds. The van der Waals surface area contributed by atoms with Crippen LogP contribution in [0.5, 0.6) is 0 Å². The van der Waals surface area contributed by atoms with Crippen molar-refractivity contribution in [2.24, 2.45) is 5.92 Å². The predicted molar refractivity (Wildman–Crippen MR) is 104 cm³/mol. The molecule has 0 radical (unpaired) electrons. The van der Waals surface area contributed by atoms with Crippen LogP contribution < -0.4 is 5.32 Å². The lowest BCUT2D eigenvalue weighted by atomic mass is 9.95. The van der Waals surface area contributed by atoms with Crippen LogP contribution >= 0.6 is 0 Å². The standard InChI is InChI=1S/C20H18F2N6.H2/c1-12(2)19(14-5-4-13(21)8-16(14)22)27-18-9-17(24-11-25-18)15-10-26-28-7-3-6-23-20(15)28;/h3-12,19H,1-2H3,(H,24,25,27);1H/t19-;/m1./s1. The Morgan fingerprint density at radius 3 is 2.75 bits per heavy atom. The molecule has 1 N–H and O–H groups in total. The zero-order valence-electron chi connectivity index (χ0n) is 15.3. The molecule has 0 spiro atoms. The highest BCUT2D eigenvalue weighted by Gasteiger charge is 2.21. The number of hydrogen-bond acceptors (Lipinski definition) is 5. The molecule has 0 aliphatic carbocycles. The highest BCUT2D eigenvalue weighted by atomic mass is 19.1. The first-order chi connectivity index (χ1) is 13.5. The number of benzene rings is 1. The molecule has 0 saturated heterocycles. The number of rotatable bonds is 5. The first-order valence-corrected chi connectivity index (χ1v) is 8.85. The largest absolute Gasteiger partial charge is 0.363 e. The van der Waals surface area contributed by atoms with Gasteiger partial charge in [0.1, 0.15) is 23.8 Å². The first kappa shape index (κ1) is 18.0. The van der Waals surface area contributed by atoms with Crippen molar-refractivity contribution in [1.82, 2.24) is 24.6 Å². The Balaban J connectivity index is 0.00000240. The number of fused-ring (bicyclic) bond motifs is 1. The Morgan fingerprint density at radius 1 is 1.11 bits per heavy atom. The Labute approximate surface area is 161 Å². The van der Waals surface area contributed by atoms with Crippen LogP contribution in [-0.4, -0.2) is 24.6 Å². The van der Waals surface area contributed by atoms with Crippen molar-refractivity contribution in [3.8, 4) is 11.3 Å². The van der Waals surface area contributed by atoms with Gasteiger partial charge >= 0.3 is 0 Å². The van der Waals surface area contributed by atoms with Gasteiger partial charge in [0.15, 0.2) is 5.65 Å². The zero-order chi connectivity index (χ0) is 19.7. The van der Waals surface area contributed by atoms with E-state index in [0.29, 0.717) is 22.7 Å². The third-order valence-electron chi connectivity index (χ3n) is 4.49. The molecule has 3 aromatic heterocycles. The molecule has 28 heavy (non-hydrogen) atoms. The molecule has 4 aromatic rings. The normalized spacial score (nSPS) is 12.5. The van der Waals surface area contributed by atoms with Crippen molar-refractivity contribution in [2.75, 3.05) is 5.32 Å². The quantitative estimate of drug-likeness (QED) is 0.550. The number of hydrogen-bond donors (Lipinski definition) is 1. The maximum Gasteiger partial charge on any atom is 0.164 e. The van der Waals surface area contributed by atoms with Crippen LogP contribution in [0.2, 0.25) is 0 Å². The molecule has 0 aliphatic rings. The Kier molecular flexibility index (Phi) is 4.68. The lowest BCUT2D eigenvalue weighted by molar-refractivity contribution is 0.502. The molecular weight excluding hydrogens is 362 g/mol. The van der Waals surface area contributed by atoms with E-state index in [1.165, 1.54) is 18.5 Å². The van der Waals surface area contributed by atoms with Crippen LogP contribution in [0, 0.1) is 17.6 Å². The summed E-state index contributed by atoms with van der Waals surface area (Å²) < 4.78 is 29.3. The van der Waals surface area contributed by atoms with E-state index in [-0.39, 0.29) is 13.4 Å². The van der Waals surface area contributed by atoms with Gasteiger partial charge in [-0.3, -0.25) is 0 Å². The van der Waals surface area contributed by atoms with Crippen LogP contribution in [0.4, 0.5) is 14.6 Å². The summed E-state index contributed by atoms with van der Waals surface area (Å²) in [5.74, 6) is -0.624. The van der Waals surface area contributed by atoms with E-state index in [4.69, 9.17) is 0 Å². The van der Waals surface area contributed by atoms with Crippen LogP contribution in [0.3, 0.4) is 0 Å². The molecule has 1 aromatic carbocycles. The van der Waals surface area contributed by atoms with E-state index in [1.807, 2.05) is 13.8 Å². The number of aromatic nitrogens is 5. The number of halogens is 2. The fourth-order valence-electron chi connectivity index (χ4n) is 3.11. The molecule has 0 saturated carbocycles. The summed E-state index contributed by atoms with van der Waals surface area (Å²) >= 11 is 0. The van der Waals surface area contributed by atoms with E-state index in [9.17, 15) is 8.78 Å². The predicted octanol–water partition coefficient (Wildman–Crippen LogP) is 4.52. The van der Waals surface area contributed by atoms with E-state index in [0.717, 1.165) is 11.6 Å². The van der Waals surface area contributed by atoms with Crippen LogP contribution in [0.25, 0.3) is 16.9 Å². The average Bonchev–Trinajstić information content (AvgIpc) is 3.11. The van der Waals surface area contributed by atoms with Crippen molar-refractivity contribution in [3.63, 3.8) is 0 Å². The van der Waals surface area contributed by atoms with Gasteiger partial charge in [-0.15, -0.1) is 0 Å². The minimum Gasteiger partial charge on any atom is -0.363 e. The molecule has 0 aliphatic heterocycles. The highest BCUT2D eigenvalue weighted by molar-refractivity contribution is 5.75.